The highest BCUT2D eigenvalue weighted by Crippen LogP contribution is 2.36. The van der Waals surface area contributed by atoms with E-state index in [1.54, 1.807) is 11.4 Å². The van der Waals surface area contributed by atoms with Gasteiger partial charge in [-0.15, -0.1) is 11.3 Å². The van der Waals surface area contributed by atoms with Gasteiger partial charge in [-0.2, -0.15) is 0 Å². The van der Waals surface area contributed by atoms with Crippen molar-refractivity contribution in [2.45, 2.75) is 6.42 Å². The van der Waals surface area contributed by atoms with Crippen molar-refractivity contribution in [3.63, 3.8) is 0 Å². The standard InChI is InChI=1S/C15H14N4O4S/c1-23-14(22)9-6-11(21)8-2-3-16-13(12(8)18-9)10-7-24-15(19-10)17-4-5-20/h2-3,7,20H,4-6H2,1H3,(H,17,19). The van der Waals surface area contributed by atoms with E-state index in [4.69, 9.17) is 5.11 Å². The Bertz CT molecular complexity index is 831. The number of ether oxygens (including phenoxy) is 1. The number of hydrogen-bond donors (Lipinski definition) is 2. The second kappa shape index (κ2) is 6.85. The van der Waals surface area contributed by atoms with Gasteiger partial charge in [0.25, 0.3) is 0 Å². The molecule has 0 atom stereocenters. The van der Waals surface area contributed by atoms with Crippen LogP contribution < -0.4 is 5.32 Å². The number of rotatable bonds is 5. The summed E-state index contributed by atoms with van der Waals surface area (Å²) in [7, 11) is 1.24. The lowest BCUT2D eigenvalue weighted by molar-refractivity contribution is -0.132. The molecule has 2 N–H and O–H groups in total. The van der Waals surface area contributed by atoms with Crippen molar-refractivity contribution in [1.82, 2.24) is 9.97 Å². The SMILES string of the molecule is COC(=O)C1=Nc2c(ccnc2-c2csc(NCCO)n2)C(=O)C1. The molecule has 2 aromatic heterocycles. The second-order valence-corrected chi connectivity index (χ2v) is 5.75. The van der Waals surface area contributed by atoms with E-state index in [0.29, 0.717) is 34.3 Å². The Morgan fingerprint density at radius 3 is 3.08 bits per heavy atom. The molecule has 1 aliphatic rings. The summed E-state index contributed by atoms with van der Waals surface area (Å²) in [6.07, 6.45) is 1.42. The van der Waals surface area contributed by atoms with Gasteiger partial charge < -0.3 is 15.2 Å². The second-order valence-electron chi connectivity index (χ2n) is 4.89. The van der Waals surface area contributed by atoms with Crippen LogP contribution in [0.4, 0.5) is 10.8 Å². The Labute approximate surface area is 141 Å². The number of aliphatic hydroxyl groups excluding tert-OH is 1. The van der Waals surface area contributed by atoms with Gasteiger partial charge in [-0.05, 0) is 6.07 Å². The van der Waals surface area contributed by atoms with Crippen molar-refractivity contribution < 1.29 is 19.4 Å². The Morgan fingerprint density at radius 2 is 2.33 bits per heavy atom. The summed E-state index contributed by atoms with van der Waals surface area (Å²) < 4.78 is 4.66. The molecule has 9 heteroatoms. The molecule has 0 amide bonds. The molecule has 0 spiro atoms. The van der Waals surface area contributed by atoms with Gasteiger partial charge in [0.2, 0.25) is 0 Å². The Morgan fingerprint density at radius 1 is 1.50 bits per heavy atom. The van der Waals surface area contributed by atoms with Crippen LogP contribution in [0, 0.1) is 0 Å². The summed E-state index contributed by atoms with van der Waals surface area (Å²) in [5, 5.41) is 14.2. The van der Waals surface area contributed by atoms with Crippen molar-refractivity contribution in [3.8, 4) is 11.4 Å². The fourth-order valence-corrected chi connectivity index (χ4v) is 2.99. The molecule has 0 saturated carbocycles. The van der Waals surface area contributed by atoms with E-state index in [9.17, 15) is 9.59 Å². The zero-order valence-corrected chi connectivity index (χ0v) is 13.6. The summed E-state index contributed by atoms with van der Waals surface area (Å²) in [6, 6.07) is 1.58. The minimum absolute atomic E-state index is 0.00478. The maximum absolute atomic E-state index is 12.3. The van der Waals surface area contributed by atoms with E-state index in [0.717, 1.165) is 0 Å². The van der Waals surface area contributed by atoms with E-state index < -0.39 is 5.97 Å². The number of carbonyl (C=O) groups excluding carboxylic acids is 2. The van der Waals surface area contributed by atoms with Gasteiger partial charge in [0, 0.05) is 23.7 Å². The van der Waals surface area contributed by atoms with Crippen molar-refractivity contribution in [3.05, 3.63) is 23.2 Å². The van der Waals surface area contributed by atoms with Crippen LogP contribution in [0.15, 0.2) is 22.6 Å². The van der Waals surface area contributed by atoms with Crippen molar-refractivity contribution in [1.29, 1.82) is 0 Å². The predicted octanol–water partition coefficient (Wildman–Crippen LogP) is 1.44. The molecular formula is C15H14N4O4S. The maximum Gasteiger partial charge on any atom is 0.352 e. The zero-order valence-electron chi connectivity index (χ0n) is 12.8. The number of pyridine rings is 1. The van der Waals surface area contributed by atoms with E-state index >= 15 is 0 Å². The number of methoxy groups -OCH3 is 1. The first-order chi connectivity index (χ1) is 11.6. The Balaban J connectivity index is 2.04. The van der Waals surface area contributed by atoms with Crippen LogP contribution >= 0.6 is 11.3 Å². The fourth-order valence-electron chi connectivity index (χ4n) is 2.26. The lowest BCUT2D eigenvalue weighted by Gasteiger charge is -2.14. The van der Waals surface area contributed by atoms with E-state index in [1.807, 2.05) is 0 Å². The van der Waals surface area contributed by atoms with Gasteiger partial charge in [-0.25, -0.2) is 14.8 Å². The summed E-state index contributed by atoms with van der Waals surface area (Å²) in [6.45, 7) is 0.381. The minimum Gasteiger partial charge on any atom is -0.465 e. The number of aromatic nitrogens is 2. The number of thiazole rings is 1. The topological polar surface area (TPSA) is 114 Å². The van der Waals surface area contributed by atoms with Crippen molar-refractivity contribution >= 4 is 39.6 Å². The molecule has 0 aromatic carbocycles. The average Bonchev–Trinajstić information content (AvgIpc) is 3.07. The average molecular weight is 346 g/mol. The van der Waals surface area contributed by atoms with Crippen LogP contribution in [-0.4, -0.2) is 52.8 Å². The Kier molecular flexibility index (Phi) is 4.63. The monoisotopic (exact) mass is 346 g/mol. The number of fused-ring (bicyclic) bond motifs is 1. The molecule has 24 heavy (non-hydrogen) atoms. The minimum atomic E-state index is -0.632. The largest absolute Gasteiger partial charge is 0.465 e. The zero-order chi connectivity index (χ0) is 17.1. The van der Waals surface area contributed by atoms with E-state index in [1.165, 1.54) is 24.6 Å². The van der Waals surface area contributed by atoms with Crippen LogP contribution in [0.1, 0.15) is 16.8 Å². The van der Waals surface area contributed by atoms with Crippen LogP contribution in [-0.2, 0) is 9.53 Å². The first-order valence-corrected chi connectivity index (χ1v) is 8.00. The molecule has 0 radical (unpaired) electrons. The number of hydrogen-bond acceptors (Lipinski definition) is 9. The predicted molar refractivity (Wildman–Crippen MR) is 89.0 cm³/mol. The van der Waals surface area contributed by atoms with Crippen LogP contribution in [0.3, 0.4) is 0 Å². The number of carbonyl (C=O) groups is 2. The van der Waals surface area contributed by atoms with Gasteiger partial charge in [0.15, 0.2) is 10.9 Å². The molecule has 0 saturated heterocycles. The molecule has 0 fully saturated rings. The number of nitrogens with zero attached hydrogens (tertiary/aromatic N) is 3. The third-order valence-electron chi connectivity index (χ3n) is 3.36. The van der Waals surface area contributed by atoms with Gasteiger partial charge in [0.1, 0.15) is 22.8 Å². The summed E-state index contributed by atoms with van der Waals surface area (Å²) in [4.78, 5) is 36.9. The van der Waals surface area contributed by atoms with Crippen molar-refractivity contribution in [2.75, 3.05) is 25.6 Å². The van der Waals surface area contributed by atoms with Gasteiger partial charge in [0.05, 0.1) is 20.1 Å². The molecule has 1 aliphatic heterocycles. The fraction of sp³-hybridized carbons (Fsp3) is 0.267. The highest BCUT2D eigenvalue weighted by Gasteiger charge is 2.28. The molecule has 0 bridgehead atoms. The quantitative estimate of drug-likeness (QED) is 0.787. The Hall–Kier alpha value is -2.65. The molecular weight excluding hydrogens is 332 g/mol. The third kappa shape index (κ3) is 3.03. The first-order valence-electron chi connectivity index (χ1n) is 7.12. The number of Topliss-reactive ketones (excluding diaryl/α,β-unsaturated/α-hetero) is 1. The van der Waals surface area contributed by atoms with Crippen LogP contribution in [0.5, 0.6) is 0 Å². The highest BCUT2D eigenvalue weighted by molar-refractivity contribution is 7.14. The number of aliphatic hydroxyl groups is 1. The van der Waals surface area contributed by atoms with Crippen LogP contribution in [0.25, 0.3) is 11.4 Å². The molecule has 8 nitrogen and oxygen atoms in total. The lowest BCUT2D eigenvalue weighted by Crippen LogP contribution is -2.23. The summed E-state index contributed by atoms with van der Waals surface area (Å²) in [5.41, 5.74) is 1.76. The smallest absolute Gasteiger partial charge is 0.352 e. The number of nitrogens with one attached hydrogen (secondary N) is 1. The number of aliphatic imine (C=N–C) groups is 1. The number of anilines is 1. The molecule has 2 aromatic rings. The highest BCUT2D eigenvalue weighted by atomic mass is 32.1. The van der Waals surface area contributed by atoms with Crippen LogP contribution in [0.2, 0.25) is 0 Å². The van der Waals surface area contributed by atoms with Gasteiger partial charge in [-0.3, -0.25) is 9.78 Å². The molecule has 3 rings (SSSR count). The normalized spacial score (nSPS) is 13.2. The first kappa shape index (κ1) is 16.2. The molecule has 124 valence electrons. The summed E-state index contributed by atoms with van der Waals surface area (Å²) in [5.74, 6) is -0.842. The van der Waals surface area contributed by atoms with Gasteiger partial charge >= 0.3 is 5.97 Å². The van der Waals surface area contributed by atoms with E-state index in [2.05, 4.69) is 25.0 Å². The lowest BCUT2D eigenvalue weighted by atomic mass is 9.99. The van der Waals surface area contributed by atoms with E-state index in [-0.39, 0.29) is 24.5 Å². The number of esters is 1. The molecule has 0 aliphatic carbocycles. The van der Waals surface area contributed by atoms with Gasteiger partial charge in [-0.1, -0.05) is 0 Å². The number of ketones is 1. The maximum atomic E-state index is 12.3. The van der Waals surface area contributed by atoms with Crippen molar-refractivity contribution in [2.24, 2.45) is 4.99 Å². The summed E-state index contributed by atoms with van der Waals surface area (Å²) >= 11 is 1.35. The third-order valence-corrected chi connectivity index (χ3v) is 4.16. The molecule has 0 unspecified atom stereocenters. The molecule has 3 heterocycles.